The number of amides is 1. The first-order valence-electron chi connectivity index (χ1n) is 10.5. The van der Waals surface area contributed by atoms with E-state index in [4.69, 9.17) is 4.74 Å². The number of carbonyl (C=O) groups is 1. The molecule has 2 aromatic rings. The van der Waals surface area contributed by atoms with Gasteiger partial charge in [0.2, 0.25) is 15.9 Å². The maximum absolute atomic E-state index is 13.0. The number of nitrogens with zero attached hydrogens (tertiary/aromatic N) is 2. The Balaban J connectivity index is 1.45. The summed E-state index contributed by atoms with van der Waals surface area (Å²) in [4.78, 5) is 14.7. The first-order chi connectivity index (χ1) is 15.6. The van der Waals surface area contributed by atoms with Crippen molar-refractivity contribution in [2.45, 2.75) is 25.6 Å². The zero-order chi connectivity index (χ0) is 23.8. The van der Waals surface area contributed by atoms with E-state index < -0.39 is 27.7 Å². The molecule has 176 valence electrons. The first kappa shape index (κ1) is 23.3. The summed E-state index contributed by atoms with van der Waals surface area (Å²) >= 11 is 0. The van der Waals surface area contributed by atoms with Gasteiger partial charge in [0.05, 0.1) is 11.5 Å². The van der Waals surface area contributed by atoms with Crippen LogP contribution in [0.2, 0.25) is 0 Å². The summed E-state index contributed by atoms with van der Waals surface area (Å²) in [5.74, 6) is 0.359. The van der Waals surface area contributed by atoms with Crippen molar-refractivity contribution in [2.24, 2.45) is 5.92 Å². The molecule has 0 N–H and O–H groups in total. The number of fused-ring (bicyclic) bond motifs is 1. The quantitative estimate of drug-likeness (QED) is 0.644. The Morgan fingerprint density at radius 1 is 1.12 bits per heavy atom. The number of rotatable bonds is 5. The van der Waals surface area contributed by atoms with Crippen molar-refractivity contribution < 1.29 is 31.1 Å². The molecule has 10 heteroatoms. The highest BCUT2D eigenvalue weighted by atomic mass is 32.2. The number of halogens is 3. The molecule has 0 spiro atoms. The molecule has 1 amide bonds. The largest absolute Gasteiger partial charge is 0.457 e. The van der Waals surface area contributed by atoms with E-state index >= 15 is 0 Å². The molecule has 33 heavy (non-hydrogen) atoms. The summed E-state index contributed by atoms with van der Waals surface area (Å²) in [6.45, 7) is 4.58. The van der Waals surface area contributed by atoms with Crippen molar-refractivity contribution in [3.63, 3.8) is 0 Å². The second kappa shape index (κ2) is 8.83. The molecule has 1 fully saturated rings. The number of hydrogen-bond acceptors (Lipinski definition) is 4. The average Bonchev–Trinajstić information content (AvgIpc) is 3.29. The lowest BCUT2D eigenvalue weighted by Crippen LogP contribution is -2.41. The van der Waals surface area contributed by atoms with E-state index in [0.717, 1.165) is 28.7 Å². The highest BCUT2D eigenvalue weighted by Crippen LogP contribution is 2.35. The lowest BCUT2D eigenvalue weighted by atomic mass is 9.97. The summed E-state index contributed by atoms with van der Waals surface area (Å²) < 4.78 is 69.4. The summed E-state index contributed by atoms with van der Waals surface area (Å²) in [6.07, 6.45) is -3.42. The number of carbonyl (C=O) groups excluding carboxylic acids is 1. The Morgan fingerprint density at radius 3 is 2.52 bits per heavy atom. The lowest BCUT2D eigenvalue weighted by Gasteiger charge is -2.31. The van der Waals surface area contributed by atoms with E-state index in [1.54, 1.807) is 17.0 Å². The van der Waals surface area contributed by atoms with Crippen molar-refractivity contribution >= 4 is 15.9 Å². The van der Waals surface area contributed by atoms with Crippen LogP contribution in [-0.4, -0.2) is 43.2 Å². The molecular weight excluding hydrogens is 457 g/mol. The smallest absolute Gasteiger partial charge is 0.416 e. The van der Waals surface area contributed by atoms with Gasteiger partial charge < -0.3 is 9.64 Å². The fourth-order valence-corrected chi connectivity index (χ4v) is 5.18. The van der Waals surface area contributed by atoms with Crippen LogP contribution in [0.25, 0.3) is 0 Å². The normalized spacial score (nSPS) is 19.2. The van der Waals surface area contributed by atoms with Gasteiger partial charge in [-0.25, -0.2) is 8.42 Å². The van der Waals surface area contributed by atoms with Crippen LogP contribution in [-0.2, 0) is 34.0 Å². The Kier molecular flexibility index (Phi) is 6.24. The van der Waals surface area contributed by atoms with Gasteiger partial charge in [-0.2, -0.15) is 17.5 Å². The summed E-state index contributed by atoms with van der Waals surface area (Å²) in [6, 6.07) is 9.93. The lowest BCUT2D eigenvalue weighted by molar-refractivity contribution is -0.137. The van der Waals surface area contributed by atoms with Crippen LogP contribution >= 0.6 is 0 Å². The molecule has 6 nitrogen and oxygen atoms in total. The van der Waals surface area contributed by atoms with E-state index in [2.05, 4.69) is 6.58 Å². The van der Waals surface area contributed by atoms with Crippen LogP contribution in [0, 0.1) is 5.92 Å². The standard InChI is InChI=1S/C23H23F3N2O4S/c1-2-33(30,31)28-13-10-17(15-28)22(29)27-12-11-20-16(14-27)4-3-5-21(20)32-19-8-6-18(7-9-19)23(24,25)26/h2-9,17H,1,10-15H2/t17-/m1/s1. The van der Waals surface area contributed by atoms with Gasteiger partial charge >= 0.3 is 6.18 Å². The molecule has 0 saturated carbocycles. The SMILES string of the molecule is C=CS(=O)(=O)N1CC[C@@H](C(=O)N2CCc3c(cccc3Oc3ccc(C(F)(F)F)cc3)C2)C1. The van der Waals surface area contributed by atoms with Crippen molar-refractivity contribution in [1.82, 2.24) is 9.21 Å². The van der Waals surface area contributed by atoms with E-state index in [1.807, 2.05) is 6.07 Å². The molecule has 2 aromatic carbocycles. The van der Waals surface area contributed by atoms with E-state index in [9.17, 15) is 26.4 Å². The van der Waals surface area contributed by atoms with Gasteiger partial charge in [-0.15, -0.1) is 0 Å². The fourth-order valence-electron chi connectivity index (χ4n) is 4.22. The highest BCUT2D eigenvalue weighted by molar-refractivity contribution is 7.92. The fraction of sp³-hybridized carbons (Fsp3) is 0.348. The molecule has 1 saturated heterocycles. The summed E-state index contributed by atoms with van der Waals surface area (Å²) in [7, 11) is -3.54. The Labute approximate surface area is 190 Å². The molecule has 0 aromatic heterocycles. The van der Waals surface area contributed by atoms with Gasteiger partial charge in [0, 0.05) is 37.2 Å². The van der Waals surface area contributed by atoms with Crippen LogP contribution in [0.5, 0.6) is 11.5 Å². The molecular formula is C23H23F3N2O4S. The van der Waals surface area contributed by atoms with Gasteiger partial charge in [0.1, 0.15) is 11.5 Å². The first-order valence-corrected chi connectivity index (χ1v) is 12.0. The van der Waals surface area contributed by atoms with Crippen LogP contribution in [0.3, 0.4) is 0 Å². The second-order valence-electron chi connectivity index (χ2n) is 8.08. The number of sulfonamides is 1. The van der Waals surface area contributed by atoms with Gasteiger partial charge in [-0.3, -0.25) is 4.79 Å². The van der Waals surface area contributed by atoms with E-state index in [0.29, 0.717) is 44.0 Å². The maximum atomic E-state index is 13.0. The van der Waals surface area contributed by atoms with Gasteiger partial charge in [0.15, 0.2) is 0 Å². The van der Waals surface area contributed by atoms with E-state index in [1.165, 1.54) is 16.4 Å². The zero-order valence-electron chi connectivity index (χ0n) is 17.7. The van der Waals surface area contributed by atoms with Gasteiger partial charge in [-0.1, -0.05) is 18.7 Å². The highest BCUT2D eigenvalue weighted by Gasteiger charge is 2.37. The minimum Gasteiger partial charge on any atom is -0.457 e. The summed E-state index contributed by atoms with van der Waals surface area (Å²) in [5.41, 5.74) is 1.06. The second-order valence-corrected chi connectivity index (χ2v) is 9.96. The third-order valence-electron chi connectivity index (χ3n) is 6.01. The third-order valence-corrected chi connectivity index (χ3v) is 7.49. The predicted molar refractivity (Wildman–Crippen MR) is 116 cm³/mol. The van der Waals surface area contributed by atoms with Gasteiger partial charge in [-0.05, 0) is 48.7 Å². The average molecular weight is 481 g/mol. The van der Waals surface area contributed by atoms with E-state index in [-0.39, 0.29) is 12.5 Å². The predicted octanol–water partition coefficient (Wildman–Crippen LogP) is 4.18. The number of benzene rings is 2. The molecule has 0 unspecified atom stereocenters. The topological polar surface area (TPSA) is 66.9 Å². The monoisotopic (exact) mass is 480 g/mol. The van der Waals surface area contributed by atoms with Crippen LogP contribution in [0.15, 0.2) is 54.5 Å². The van der Waals surface area contributed by atoms with Crippen molar-refractivity contribution in [2.75, 3.05) is 19.6 Å². The molecule has 2 aliphatic rings. The van der Waals surface area contributed by atoms with Gasteiger partial charge in [0.25, 0.3) is 0 Å². The minimum absolute atomic E-state index is 0.0866. The zero-order valence-corrected chi connectivity index (χ0v) is 18.5. The van der Waals surface area contributed by atoms with Crippen molar-refractivity contribution in [1.29, 1.82) is 0 Å². The Bertz CT molecular complexity index is 1160. The van der Waals surface area contributed by atoms with Crippen molar-refractivity contribution in [3.8, 4) is 11.5 Å². The third kappa shape index (κ3) is 4.91. The molecule has 2 heterocycles. The van der Waals surface area contributed by atoms with Crippen molar-refractivity contribution in [3.05, 3.63) is 71.1 Å². The number of alkyl halides is 3. The molecule has 1 atom stereocenters. The Morgan fingerprint density at radius 2 is 1.85 bits per heavy atom. The maximum Gasteiger partial charge on any atom is 0.416 e. The minimum atomic E-state index is -4.41. The van der Waals surface area contributed by atoms with Crippen LogP contribution < -0.4 is 4.74 Å². The molecule has 2 aliphatic heterocycles. The molecule has 4 rings (SSSR count). The molecule has 0 radical (unpaired) electrons. The summed E-state index contributed by atoms with van der Waals surface area (Å²) in [5, 5.41) is 0.898. The van der Waals surface area contributed by atoms with Crippen LogP contribution in [0.1, 0.15) is 23.1 Å². The number of hydrogen-bond donors (Lipinski definition) is 0. The Hall–Kier alpha value is -2.85. The van der Waals surface area contributed by atoms with Crippen LogP contribution in [0.4, 0.5) is 13.2 Å². The number of ether oxygens (including phenoxy) is 1. The molecule has 0 bridgehead atoms. The molecule has 0 aliphatic carbocycles.